The number of carboxylic acid groups (broad SMARTS) is 1. The quantitative estimate of drug-likeness (QED) is 0.482. The number of ketones is 3. The maximum absolute atomic E-state index is 12.8. The molecular weight excluding hydrogens is 364 g/mol. The summed E-state index contributed by atoms with van der Waals surface area (Å²) in [7, 11) is 0. The third kappa shape index (κ3) is 3.46. The Morgan fingerprint density at radius 3 is 2.14 bits per heavy atom. The highest BCUT2D eigenvalue weighted by Gasteiger charge is 2.28. The molecule has 142 valence electrons. The van der Waals surface area contributed by atoms with Gasteiger partial charge in [-0.2, -0.15) is 0 Å². The summed E-state index contributed by atoms with van der Waals surface area (Å²) in [5, 5.41) is 9.29. The van der Waals surface area contributed by atoms with Crippen LogP contribution in [0.15, 0.2) is 36.4 Å². The van der Waals surface area contributed by atoms with Gasteiger partial charge in [-0.1, -0.05) is 12.1 Å². The number of hydrogen-bond donors (Lipinski definition) is 1. The van der Waals surface area contributed by atoms with Gasteiger partial charge in [-0.05, 0) is 38.1 Å². The number of benzene rings is 2. The summed E-state index contributed by atoms with van der Waals surface area (Å²) in [6, 6.07) is 7.82. The predicted molar refractivity (Wildman–Crippen MR) is 97.1 cm³/mol. The summed E-state index contributed by atoms with van der Waals surface area (Å²) in [5.41, 5.74) is 0.184. The van der Waals surface area contributed by atoms with Crippen molar-refractivity contribution in [2.45, 2.75) is 26.4 Å². The first-order valence-electron chi connectivity index (χ1n) is 8.52. The Kier molecular flexibility index (Phi) is 4.92. The van der Waals surface area contributed by atoms with Crippen LogP contribution in [-0.2, 0) is 4.74 Å². The molecule has 1 aliphatic carbocycles. The lowest BCUT2D eigenvalue weighted by Gasteiger charge is -2.11. The van der Waals surface area contributed by atoms with E-state index in [0.717, 1.165) is 12.1 Å². The van der Waals surface area contributed by atoms with E-state index >= 15 is 0 Å². The lowest BCUT2D eigenvalue weighted by molar-refractivity contribution is 0.0370. The molecule has 0 aliphatic heterocycles. The Morgan fingerprint density at radius 1 is 0.893 bits per heavy atom. The minimum atomic E-state index is -1.32. The summed E-state index contributed by atoms with van der Waals surface area (Å²) in [4.78, 5) is 60.1. The molecular formula is C21H16O7. The Morgan fingerprint density at radius 2 is 1.50 bits per heavy atom. The van der Waals surface area contributed by atoms with E-state index in [-0.39, 0.29) is 51.4 Å². The van der Waals surface area contributed by atoms with Gasteiger partial charge >= 0.3 is 11.9 Å². The van der Waals surface area contributed by atoms with Crippen LogP contribution < -0.4 is 0 Å². The van der Waals surface area contributed by atoms with Crippen LogP contribution in [0.25, 0.3) is 0 Å². The maximum Gasteiger partial charge on any atom is 0.339 e. The number of Topliss-reactive ketones (excluding diaryl/α,β-unsaturated/α-hetero) is 2. The summed E-state index contributed by atoms with van der Waals surface area (Å²) >= 11 is 0. The third-order valence-electron chi connectivity index (χ3n) is 4.28. The molecule has 0 saturated carbocycles. The van der Waals surface area contributed by atoms with Gasteiger partial charge in [0, 0.05) is 22.3 Å². The van der Waals surface area contributed by atoms with E-state index in [1.807, 2.05) is 0 Å². The average Bonchev–Trinajstić information content (AvgIpc) is 2.93. The van der Waals surface area contributed by atoms with Gasteiger partial charge in [-0.3, -0.25) is 14.4 Å². The highest BCUT2D eigenvalue weighted by Crippen LogP contribution is 2.25. The molecule has 0 spiro atoms. The SMILES string of the molecule is CC(C)OC(=O)c1cc(C(=O)c2ccc3c(c2)C(=O)CC3=O)ccc1C(=O)O. The Bertz CT molecular complexity index is 1050. The molecule has 0 atom stereocenters. The number of carbonyl (C=O) groups is 5. The Labute approximate surface area is 159 Å². The molecule has 1 aliphatic rings. The van der Waals surface area contributed by atoms with Crippen molar-refractivity contribution in [2.24, 2.45) is 0 Å². The molecule has 0 amide bonds. The summed E-state index contributed by atoms with van der Waals surface area (Å²) in [6.45, 7) is 3.24. The zero-order chi connectivity index (χ0) is 20.6. The van der Waals surface area contributed by atoms with Gasteiger partial charge in [-0.25, -0.2) is 9.59 Å². The number of fused-ring (bicyclic) bond motifs is 1. The number of rotatable bonds is 5. The zero-order valence-electron chi connectivity index (χ0n) is 15.1. The van der Waals surface area contributed by atoms with Crippen molar-refractivity contribution in [1.29, 1.82) is 0 Å². The standard InChI is InChI=1S/C21H16O7/c1-10(2)28-21(27)16-8-12(4-6-14(16)20(25)26)19(24)11-3-5-13-15(7-11)18(23)9-17(13)22/h3-8,10H,9H2,1-2H3,(H,25,26). The number of carboxylic acids is 1. The Balaban J connectivity index is 2.02. The van der Waals surface area contributed by atoms with Crippen molar-refractivity contribution < 1.29 is 33.8 Å². The molecule has 0 aromatic heterocycles. The second kappa shape index (κ2) is 7.19. The second-order valence-electron chi connectivity index (χ2n) is 6.63. The van der Waals surface area contributed by atoms with Gasteiger partial charge in [0.15, 0.2) is 17.3 Å². The number of hydrogen-bond acceptors (Lipinski definition) is 6. The molecule has 7 heteroatoms. The van der Waals surface area contributed by atoms with Crippen LogP contribution in [0.3, 0.4) is 0 Å². The van der Waals surface area contributed by atoms with Crippen LogP contribution in [0.4, 0.5) is 0 Å². The normalized spacial score (nSPS) is 12.8. The number of carbonyl (C=O) groups excluding carboxylic acids is 4. The first kappa shape index (κ1) is 19.2. The number of aromatic carboxylic acids is 1. The molecule has 0 saturated heterocycles. The van der Waals surface area contributed by atoms with Crippen molar-refractivity contribution in [2.75, 3.05) is 0 Å². The van der Waals surface area contributed by atoms with Crippen LogP contribution in [0.1, 0.15) is 77.6 Å². The van der Waals surface area contributed by atoms with Crippen molar-refractivity contribution in [1.82, 2.24) is 0 Å². The first-order chi connectivity index (χ1) is 13.2. The van der Waals surface area contributed by atoms with Gasteiger partial charge in [-0.15, -0.1) is 0 Å². The molecule has 2 aromatic rings. The highest BCUT2D eigenvalue weighted by atomic mass is 16.5. The zero-order valence-corrected chi connectivity index (χ0v) is 15.1. The van der Waals surface area contributed by atoms with E-state index in [0.29, 0.717) is 0 Å². The van der Waals surface area contributed by atoms with Gasteiger partial charge in [0.25, 0.3) is 0 Å². The fourth-order valence-corrected chi connectivity index (χ4v) is 2.98. The number of esters is 1. The average molecular weight is 380 g/mol. The van der Waals surface area contributed by atoms with Crippen molar-refractivity contribution in [3.63, 3.8) is 0 Å². The molecule has 0 fully saturated rings. The molecule has 3 rings (SSSR count). The highest BCUT2D eigenvalue weighted by molar-refractivity contribution is 6.25. The lowest BCUT2D eigenvalue weighted by Crippen LogP contribution is -2.17. The molecule has 0 unspecified atom stereocenters. The minimum Gasteiger partial charge on any atom is -0.478 e. The van der Waals surface area contributed by atoms with Gasteiger partial charge in [0.2, 0.25) is 0 Å². The van der Waals surface area contributed by atoms with E-state index in [9.17, 15) is 29.1 Å². The van der Waals surface area contributed by atoms with E-state index in [1.165, 1.54) is 24.3 Å². The van der Waals surface area contributed by atoms with Gasteiger partial charge < -0.3 is 9.84 Å². The molecule has 0 bridgehead atoms. The summed E-state index contributed by atoms with van der Waals surface area (Å²) in [5.74, 6) is -3.32. The second-order valence-corrected chi connectivity index (χ2v) is 6.63. The summed E-state index contributed by atoms with van der Waals surface area (Å²) < 4.78 is 5.06. The minimum absolute atomic E-state index is 0.0671. The maximum atomic E-state index is 12.8. The fraction of sp³-hybridized carbons (Fsp3) is 0.190. The van der Waals surface area contributed by atoms with Gasteiger partial charge in [0.05, 0.1) is 23.7 Å². The predicted octanol–water partition coefficient (Wildman–Crippen LogP) is 2.95. The molecule has 1 N–H and O–H groups in total. The monoisotopic (exact) mass is 380 g/mol. The largest absolute Gasteiger partial charge is 0.478 e. The van der Waals surface area contributed by atoms with E-state index in [1.54, 1.807) is 13.8 Å². The Hall–Kier alpha value is -3.61. The topological polar surface area (TPSA) is 115 Å². The molecule has 2 aromatic carbocycles. The molecule has 7 nitrogen and oxygen atoms in total. The van der Waals surface area contributed by atoms with Crippen LogP contribution in [-0.4, -0.2) is 40.5 Å². The molecule has 0 heterocycles. The van der Waals surface area contributed by atoms with Crippen molar-refractivity contribution in [3.8, 4) is 0 Å². The van der Waals surface area contributed by atoms with Crippen LogP contribution in [0.2, 0.25) is 0 Å². The lowest BCUT2D eigenvalue weighted by atomic mass is 9.96. The van der Waals surface area contributed by atoms with Gasteiger partial charge in [0.1, 0.15) is 0 Å². The summed E-state index contributed by atoms with van der Waals surface area (Å²) in [6.07, 6.45) is -0.681. The smallest absolute Gasteiger partial charge is 0.339 e. The van der Waals surface area contributed by atoms with Crippen LogP contribution >= 0.6 is 0 Å². The van der Waals surface area contributed by atoms with Crippen LogP contribution in [0.5, 0.6) is 0 Å². The van der Waals surface area contributed by atoms with E-state index in [2.05, 4.69) is 0 Å². The van der Waals surface area contributed by atoms with Crippen molar-refractivity contribution in [3.05, 3.63) is 69.8 Å². The fourth-order valence-electron chi connectivity index (χ4n) is 2.98. The first-order valence-corrected chi connectivity index (χ1v) is 8.52. The van der Waals surface area contributed by atoms with E-state index in [4.69, 9.17) is 4.74 Å². The molecule has 28 heavy (non-hydrogen) atoms. The molecule has 0 radical (unpaired) electrons. The van der Waals surface area contributed by atoms with E-state index < -0.39 is 23.8 Å². The van der Waals surface area contributed by atoms with Crippen molar-refractivity contribution >= 4 is 29.3 Å². The van der Waals surface area contributed by atoms with Crippen LogP contribution in [0, 0.1) is 0 Å². The third-order valence-corrected chi connectivity index (χ3v) is 4.28. The number of ether oxygens (including phenoxy) is 1.